The van der Waals surface area contributed by atoms with Gasteiger partial charge < -0.3 is 10.4 Å². The standard InChI is InChI=1S/C9H16F3NO/c1-2-8(6-14,7-3-4-7)13-5-9(10,11)12/h7,13-14H,2-6H2,1H3. The lowest BCUT2D eigenvalue weighted by molar-refractivity contribution is -0.130. The van der Waals surface area contributed by atoms with Crippen molar-refractivity contribution in [3.05, 3.63) is 0 Å². The summed E-state index contributed by atoms with van der Waals surface area (Å²) in [5.41, 5.74) is -0.713. The van der Waals surface area contributed by atoms with Crippen molar-refractivity contribution in [1.82, 2.24) is 5.32 Å². The van der Waals surface area contributed by atoms with Gasteiger partial charge in [-0.3, -0.25) is 0 Å². The molecule has 1 unspecified atom stereocenters. The van der Waals surface area contributed by atoms with Gasteiger partial charge in [0.05, 0.1) is 13.2 Å². The van der Waals surface area contributed by atoms with E-state index in [2.05, 4.69) is 5.32 Å². The number of aliphatic hydroxyl groups excluding tert-OH is 1. The van der Waals surface area contributed by atoms with Gasteiger partial charge in [0, 0.05) is 5.54 Å². The summed E-state index contributed by atoms with van der Waals surface area (Å²) in [5, 5.41) is 11.6. The number of nitrogens with one attached hydrogen (secondary N) is 1. The number of halogens is 3. The van der Waals surface area contributed by atoms with Crippen LogP contribution >= 0.6 is 0 Å². The molecule has 14 heavy (non-hydrogen) atoms. The topological polar surface area (TPSA) is 32.3 Å². The SMILES string of the molecule is CCC(CO)(NCC(F)(F)F)C1CC1. The Morgan fingerprint density at radius 1 is 1.36 bits per heavy atom. The van der Waals surface area contributed by atoms with Crippen molar-refractivity contribution in [2.75, 3.05) is 13.2 Å². The van der Waals surface area contributed by atoms with Crippen molar-refractivity contribution in [3.63, 3.8) is 0 Å². The lowest BCUT2D eigenvalue weighted by Crippen LogP contribution is -2.53. The highest BCUT2D eigenvalue weighted by Gasteiger charge is 2.45. The van der Waals surface area contributed by atoms with E-state index in [0.717, 1.165) is 12.8 Å². The Morgan fingerprint density at radius 2 is 1.93 bits per heavy atom. The molecule has 0 saturated heterocycles. The maximum Gasteiger partial charge on any atom is 0.401 e. The molecular weight excluding hydrogens is 195 g/mol. The zero-order valence-corrected chi connectivity index (χ0v) is 8.19. The Labute approximate surface area is 81.5 Å². The van der Waals surface area contributed by atoms with Crippen molar-refractivity contribution in [3.8, 4) is 0 Å². The molecule has 0 bridgehead atoms. The van der Waals surface area contributed by atoms with Crippen LogP contribution in [0.2, 0.25) is 0 Å². The molecule has 1 aliphatic carbocycles. The van der Waals surface area contributed by atoms with Crippen molar-refractivity contribution in [2.24, 2.45) is 5.92 Å². The summed E-state index contributed by atoms with van der Waals surface area (Å²) in [5.74, 6) is 0.208. The highest BCUT2D eigenvalue weighted by molar-refractivity contribution is 5.00. The summed E-state index contributed by atoms with van der Waals surface area (Å²) in [6.07, 6.45) is -1.84. The first-order chi connectivity index (χ1) is 6.43. The molecule has 1 fully saturated rings. The van der Waals surface area contributed by atoms with Crippen molar-refractivity contribution < 1.29 is 18.3 Å². The van der Waals surface area contributed by atoms with Crippen LogP contribution in [0.15, 0.2) is 0 Å². The lowest BCUT2D eigenvalue weighted by atomic mass is 9.91. The Bertz CT molecular complexity index is 185. The minimum atomic E-state index is -4.20. The van der Waals surface area contributed by atoms with Gasteiger partial charge in [-0.1, -0.05) is 6.92 Å². The molecule has 0 radical (unpaired) electrons. The average molecular weight is 211 g/mol. The van der Waals surface area contributed by atoms with E-state index in [4.69, 9.17) is 5.11 Å². The molecule has 0 aromatic rings. The molecule has 1 aliphatic rings. The first-order valence-electron chi connectivity index (χ1n) is 4.86. The molecule has 84 valence electrons. The van der Waals surface area contributed by atoms with Gasteiger partial charge in [-0.15, -0.1) is 0 Å². The first kappa shape index (κ1) is 11.8. The zero-order chi connectivity index (χ0) is 10.8. The number of aliphatic hydroxyl groups is 1. The van der Waals surface area contributed by atoms with Gasteiger partial charge in [0.1, 0.15) is 0 Å². The molecule has 0 aromatic heterocycles. The molecule has 1 atom stereocenters. The molecule has 2 nitrogen and oxygen atoms in total. The lowest BCUT2D eigenvalue weighted by Gasteiger charge is -2.32. The number of rotatable bonds is 5. The summed E-state index contributed by atoms with van der Waals surface area (Å²) in [6, 6.07) is 0. The van der Waals surface area contributed by atoms with Crippen LogP contribution in [-0.4, -0.2) is 30.0 Å². The maximum atomic E-state index is 12.0. The van der Waals surface area contributed by atoms with Crippen LogP contribution in [0.3, 0.4) is 0 Å². The van der Waals surface area contributed by atoms with Crippen LogP contribution in [-0.2, 0) is 0 Å². The molecule has 0 aliphatic heterocycles. The van der Waals surface area contributed by atoms with Gasteiger partial charge in [0.2, 0.25) is 0 Å². The normalized spacial score (nSPS) is 22.1. The van der Waals surface area contributed by atoms with E-state index in [1.165, 1.54) is 0 Å². The molecule has 0 heterocycles. The van der Waals surface area contributed by atoms with Crippen LogP contribution in [0.5, 0.6) is 0 Å². The van der Waals surface area contributed by atoms with Crippen molar-refractivity contribution in [2.45, 2.75) is 37.9 Å². The van der Waals surface area contributed by atoms with Gasteiger partial charge in [-0.05, 0) is 25.2 Å². The summed E-state index contributed by atoms with van der Waals surface area (Å²) >= 11 is 0. The minimum Gasteiger partial charge on any atom is -0.394 e. The molecule has 1 rings (SSSR count). The fourth-order valence-corrected chi connectivity index (χ4v) is 1.77. The molecule has 0 amide bonds. The zero-order valence-electron chi connectivity index (χ0n) is 8.19. The molecular formula is C9H16F3NO. The summed E-state index contributed by atoms with van der Waals surface area (Å²) in [4.78, 5) is 0. The Kier molecular flexibility index (Phi) is 3.42. The second-order valence-corrected chi connectivity index (χ2v) is 3.91. The number of alkyl halides is 3. The molecule has 1 saturated carbocycles. The van der Waals surface area contributed by atoms with E-state index >= 15 is 0 Å². The van der Waals surface area contributed by atoms with Crippen molar-refractivity contribution >= 4 is 0 Å². The average Bonchev–Trinajstić information content (AvgIpc) is 2.89. The third-order valence-corrected chi connectivity index (χ3v) is 2.91. The van der Waals surface area contributed by atoms with E-state index in [0.29, 0.717) is 6.42 Å². The van der Waals surface area contributed by atoms with Crippen LogP contribution in [0.25, 0.3) is 0 Å². The summed E-state index contributed by atoms with van der Waals surface area (Å²) < 4.78 is 36.0. The van der Waals surface area contributed by atoms with Crippen LogP contribution < -0.4 is 5.32 Å². The summed E-state index contributed by atoms with van der Waals surface area (Å²) in [6.45, 7) is 0.570. The fourth-order valence-electron chi connectivity index (χ4n) is 1.77. The third-order valence-electron chi connectivity index (χ3n) is 2.91. The van der Waals surface area contributed by atoms with Crippen LogP contribution in [0.4, 0.5) is 13.2 Å². The number of hydrogen-bond donors (Lipinski definition) is 2. The maximum absolute atomic E-state index is 12.0. The summed E-state index contributed by atoms with van der Waals surface area (Å²) in [7, 11) is 0. The molecule has 5 heteroatoms. The Hall–Kier alpha value is -0.290. The minimum absolute atomic E-state index is 0.208. The largest absolute Gasteiger partial charge is 0.401 e. The van der Waals surface area contributed by atoms with Gasteiger partial charge in [0.25, 0.3) is 0 Å². The quantitative estimate of drug-likeness (QED) is 0.725. The monoisotopic (exact) mass is 211 g/mol. The second kappa shape index (κ2) is 4.06. The van der Waals surface area contributed by atoms with Gasteiger partial charge in [0.15, 0.2) is 0 Å². The van der Waals surface area contributed by atoms with E-state index in [9.17, 15) is 13.2 Å². The van der Waals surface area contributed by atoms with E-state index < -0.39 is 18.3 Å². The Morgan fingerprint density at radius 3 is 2.21 bits per heavy atom. The molecule has 0 aromatic carbocycles. The highest BCUT2D eigenvalue weighted by Crippen LogP contribution is 2.41. The smallest absolute Gasteiger partial charge is 0.394 e. The van der Waals surface area contributed by atoms with E-state index in [-0.39, 0.29) is 12.5 Å². The fraction of sp³-hybridized carbons (Fsp3) is 1.00. The van der Waals surface area contributed by atoms with Gasteiger partial charge in [-0.2, -0.15) is 13.2 Å². The second-order valence-electron chi connectivity index (χ2n) is 3.91. The Balaban J connectivity index is 2.50. The van der Waals surface area contributed by atoms with Gasteiger partial charge >= 0.3 is 6.18 Å². The van der Waals surface area contributed by atoms with Crippen LogP contribution in [0.1, 0.15) is 26.2 Å². The van der Waals surface area contributed by atoms with Crippen molar-refractivity contribution in [1.29, 1.82) is 0 Å². The third kappa shape index (κ3) is 2.85. The predicted molar refractivity (Wildman–Crippen MR) is 46.9 cm³/mol. The van der Waals surface area contributed by atoms with Gasteiger partial charge in [-0.25, -0.2) is 0 Å². The number of hydrogen-bond acceptors (Lipinski definition) is 2. The highest BCUT2D eigenvalue weighted by atomic mass is 19.4. The first-order valence-corrected chi connectivity index (χ1v) is 4.86. The van der Waals surface area contributed by atoms with E-state index in [1.807, 2.05) is 0 Å². The van der Waals surface area contributed by atoms with Crippen LogP contribution in [0, 0.1) is 5.92 Å². The molecule has 0 spiro atoms. The van der Waals surface area contributed by atoms with E-state index in [1.54, 1.807) is 6.92 Å². The predicted octanol–water partition coefficient (Wildman–Crippen LogP) is 1.69. The molecule has 2 N–H and O–H groups in total.